The first-order valence-electron chi connectivity index (χ1n) is 14.8. The molecular weight excluding hydrogens is 592 g/mol. The molecule has 1 amide bonds. The van der Waals surface area contributed by atoms with E-state index in [1.807, 2.05) is 0 Å². The summed E-state index contributed by atoms with van der Waals surface area (Å²) in [6.45, 7) is 4.72. The number of aromatic nitrogens is 2. The lowest BCUT2D eigenvalue weighted by molar-refractivity contribution is -0.131. The number of nitrogens with one attached hydrogen (secondary N) is 1. The molecule has 10 nitrogen and oxygen atoms in total. The molecule has 1 aromatic carbocycles. The number of halogens is 2. The first-order valence-corrected chi connectivity index (χ1v) is 16.3. The van der Waals surface area contributed by atoms with Gasteiger partial charge in [0.2, 0.25) is 5.88 Å². The van der Waals surface area contributed by atoms with E-state index in [0.717, 1.165) is 49.9 Å². The summed E-state index contributed by atoms with van der Waals surface area (Å²) >= 11 is 0. The summed E-state index contributed by atoms with van der Waals surface area (Å²) in [7, 11) is -4.19. The molecule has 0 saturated heterocycles. The van der Waals surface area contributed by atoms with E-state index in [1.54, 1.807) is 36.9 Å². The smallest absolute Gasteiger partial charge is 0.266 e. The van der Waals surface area contributed by atoms with Gasteiger partial charge >= 0.3 is 0 Å². The molecule has 2 aliphatic rings. The average molecular weight is 630 g/mol. The largest absolute Gasteiger partial charge is 0.371 e. The Labute approximate surface area is 255 Å². The van der Waals surface area contributed by atoms with Gasteiger partial charge in [-0.1, -0.05) is 49.5 Å². The molecule has 3 heterocycles. The third-order valence-corrected chi connectivity index (χ3v) is 9.56. The van der Waals surface area contributed by atoms with Crippen LogP contribution in [0.5, 0.6) is 0 Å². The number of benzene rings is 1. The fraction of sp³-hybridized carbons (Fsp3) is 0.484. The molecule has 0 radical (unpaired) electrons. The third kappa shape index (κ3) is 6.53. The zero-order valence-corrected chi connectivity index (χ0v) is 25.9. The van der Waals surface area contributed by atoms with Crippen molar-refractivity contribution < 1.29 is 31.3 Å². The number of aryl methyl sites for hydroxylation is 1. The standard InChI is InChI=1S/C31H37F2N5O5S/c1-4-5-10-27-35-31(13-6-7-14-31)30(39)38(27)17-22-11-12-24(23(16-22)18-42-19-26(32)33)28-25(9-8-15-34-28)44(40,41)37-29-20(2)21(3)36-43-29/h8-9,11-12,15-16,26,37H,4-7,10,13-14,17-19H2,1-3H3. The zero-order chi connectivity index (χ0) is 31.5. The van der Waals surface area contributed by atoms with Gasteiger partial charge < -0.3 is 9.26 Å². The molecule has 1 spiro atoms. The van der Waals surface area contributed by atoms with E-state index in [9.17, 15) is 22.0 Å². The third-order valence-electron chi connectivity index (χ3n) is 8.19. The molecule has 3 aromatic rings. The van der Waals surface area contributed by atoms with Crippen molar-refractivity contribution in [1.29, 1.82) is 0 Å². The van der Waals surface area contributed by atoms with E-state index >= 15 is 0 Å². The van der Waals surface area contributed by atoms with Crippen molar-refractivity contribution in [3.8, 4) is 11.3 Å². The van der Waals surface area contributed by atoms with E-state index in [0.29, 0.717) is 28.8 Å². The van der Waals surface area contributed by atoms with Crippen LogP contribution in [0.15, 0.2) is 50.9 Å². The van der Waals surface area contributed by atoms with Crippen LogP contribution in [0.4, 0.5) is 14.7 Å². The van der Waals surface area contributed by atoms with Crippen LogP contribution in [-0.2, 0) is 32.7 Å². The molecule has 0 unspecified atom stereocenters. The van der Waals surface area contributed by atoms with Crippen LogP contribution in [0.2, 0.25) is 0 Å². The molecule has 0 atom stereocenters. The van der Waals surface area contributed by atoms with Gasteiger partial charge in [-0.15, -0.1) is 0 Å². The van der Waals surface area contributed by atoms with Crippen molar-refractivity contribution in [2.45, 2.75) is 95.7 Å². The Morgan fingerprint density at radius 2 is 1.95 bits per heavy atom. The van der Waals surface area contributed by atoms with Crippen molar-refractivity contribution in [3.63, 3.8) is 0 Å². The second-order valence-corrected chi connectivity index (χ2v) is 13.0. The summed E-state index contributed by atoms with van der Waals surface area (Å²) in [6, 6.07) is 8.14. The lowest BCUT2D eigenvalue weighted by Crippen LogP contribution is -2.40. The van der Waals surface area contributed by atoms with Crippen molar-refractivity contribution >= 4 is 27.7 Å². The average Bonchev–Trinajstić information content (AvgIpc) is 3.67. The van der Waals surface area contributed by atoms with Crippen LogP contribution >= 0.6 is 0 Å². The number of hydrogen-bond acceptors (Lipinski definition) is 8. The van der Waals surface area contributed by atoms with Crippen LogP contribution in [0.3, 0.4) is 0 Å². The molecule has 13 heteroatoms. The topological polar surface area (TPSA) is 127 Å². The monoisotopic (exact) mass is 629 g/mol. The highest BCUT2D eigenvalue weighted by molar-refractivity contribution is 7.92. The van der Waals surface area contributed by atoms with Gasteiger partial charge in [-0.05, 0) is 56.4 Å². The quantitative estimate of drug-likeness (QED) is 0.239. The Morgan fingerprint density at radius 1 is 1.18 bits per heavy atom. The van der Waals surface area contributed by atoms with Gasteiger partial charge in [0.15, 0.2) is 0 Å². The van der Waals surface area contributed by atoms with Gasteiger partial charge in [0, 0.05) is 23.7 Å². The van der Waals surface area contributed by atoms with E-state index in [1.165, 1.54) is 18.3 Å². The summed E-state index contributed by atoms with van der Waals surface area (Å²) in [5.41, 5.74) is 2.11. The minimum atomic E-state index is -4.19. The summed E-state index contributed by atoms with van der Waals surface area (Å²) in [5.74, 6) is 0.771. The van der Waals surface area contributed by atoms with Crippen molar-refractivity contribution in [2.24, 2.45) is 4.99 Å². The van der Waals surface area contributed by atoms with E-state index in [-0.39, 0.29) is 35.5 Å². The molecule has 236 valence electrons. The van der Waals surface area contributed by atoms with E-state index in [2.05, 4.69) is 21.8 Å². The Morgan fingerprint density at radius 3 is 2.64 bits per heavy atom. The normalized spacial score (nSPS) is 16.4. The predicted molar refractivity (Wildman–Crippen MR) is 161 cm³/mol. The minimum absolute atomic E-state index is 0.00260. The number of aliphatic imine (C=N–C) groups is 1. The highest BCUT2D eigenvalue weighted by Gasteiger charge is 2.49. The molecule has 1 N–H and O–H groups in total. The fourth-order valence-corrected chi connectivity index (χ4v) is 6.95. The van der Waals surface area contributed by atoms with Gasteiger partial charge in [0.25, 0.3) is 22.4 Å². The molecule has 44 heavy (non-hydrogen) atoms. The highest BCUT2D eigenvalue weighted by Crippen LogP contribution is 2.40. The Kier molecular flexibility index (Phi) is 9.45. The molecular formula is C31H37F2N5O5S. The predicted octanol–water partition coefficient (Wildman–Crippen LogP) is 6.18. The molecule has 0 bridgehead atoms. The summed E-state index contributed by atoms with van der Waals surface area (Å²) < 4.78 is 66.0. The minimum Gasteiger partial charge on any atom is -0.371 e. The number of hydrogen-bond donors (Lipinski definition) is 1. The summed E-state index contributed by atoms with van der Waals surface area (Å²) in [4.78, 5) is 24.6. The molecule has 1 saturated carbocycles. The number of ether oxygens (including phenoxy) is 1. The highest BCUT2D eigenvalue weighted by atomic mass is 32.2. The maximum Gasteiger partial charge on any atom is 0.266 e. The number of pyridine rings is 1. The number of amides is 1. The lowest BCUT2D eigenvalue weighted by Gasteiger charge is -2.23. The van der Waals surface area contributed by atoms with Crippen LogP contribution in [-0.4, -0.2) is 53.8 Å². The fourth-order valence-electron chi connectivity index (χ4n) is 5.73. The van der Waals surface area contributed by atoms with E-state index < -0.39 is 28.6 Å². The maximum atomic E-state index is 13.7. The van der Waals surface area contributed by atoms with Crippen LogP contribution < -0.4 is 4.72 Å². The van der Waals surface area contributed by atoms with Crippen LogP contribution in [0, 0.1) is 13.8 Å². The number of amidine groups is 1. The maximum absolute atomic E-state index is 13.7. The summed E-state index contributed by atoms with van der Waals surface area (Å²) in [6.07, 6.45) is 4.75. The Hall–Kier alpha value is -3.71. The second kappa shape index (κ2) is 13.1. The molecule has 5 rings (SSSR count). The number of carbonyl (C=O) groups is 1. The number of sulfonamides is 1. The first-order chi connectivity index (χ1) is 21.0. The van der Waals surface area contributed by atoms with Gasteiger partial charge in [-0.25, -0.2) is 21.9 Å². The first kappa shape index (κ1) is 31.7. The zero-order valence-electron chi connectivity index (χ0n) is 25.1. The van der Waals surface area contributed by atoms with Crippen molar-refractivity contribution in [2.75, 3.05) is 11.3 Å². The molecule has 1 aliphatic carbocycles. The number of anilines is 1. The number of rotatable bonds is 13. The Balaban J connectivity index is 1.50. The van der Waals surface area contributed by atoms with Gasteiger partial charge in [0.05, 0.1) is 24.5 Å². The number of unbranched alkanes of at least 4 members (excludes halogenated alkanes) is 1. The SMILES string of the molecule is CCCCC1=NC2(CCCC2)C(=O)N1Cc1ccc(-c2ncccc2S(=O)(=O)Nc2onc(C)c2C)c(COCC(F)F)c1. The number of nitrogens with zero attached hydrogens (tertiary/aromatic N) is 4. The number of carbonyl (C=O) groups excluding carboxylic acids is 1. The van der Waals surface area contributed by atoms with Gasteiger partial charge in [-0.3, -0.25) is 19.7 Å². The summed E-state index contributed by atoms with van der Waals surface area (Å²) in [5, 5.41) is 3.81. The van der Waals surface area contributed by atoms with E-state index in [4.69, 9.17) is 14.3 Å². The molecule has 1 fully saturated rings. The van der Waals surface area contributed by atoms with Crippen molar-refractivity contribution in [3.05, 3.63) is 58.9 Å². The lowest BCUT2D eigenvalue weighted by atomic mass is 9.97. The van der Waals surface area contributed by atoms with Crippen LogP contribution in [0.1, 0.15) is 74.3 Å². The second-order valence-electron chi connectivity index (χ2n) is 11.3. The van der Waals surface area contributed by atoms with Gasteiger partial charge in [-0.2, -0.15) is 0 Å². The van der Waals surface area contributed by atoms with Crippen molar-refractivity contribution in [1.82, 2.24) is 15.0 Å². The number of alkyl halides is 2. The van der Waals surface area contributed by atoms with Crippen LogP contribution in [0.25, 0.3) is 11.3 Å². The Bertz CT molecular complexity index is 1650. The molecule has 2 aromatic heterocycles. The molecule has 1 aliphatic heterocycles. The van der Waals surface area contributed by atoms with Gasteiger partial charge in [0.1, 0.15) is 22.9 Å².